The minimum absolute atomic E-state index is 0.169. The number of aromatic amines is 1. The zero-order valence-electron chi connectivity index (χ0n) is 11.9. The quantitative estimate of drug-likeness (QED) is 0.600. The lowest BCUT2D eigenvalue weighted by atomic mass is 10.1. The molecule has 1 unspecified atom stereocenters. The molecule has 3 nitrogen and oxygen atoms in total. The number of unbranched alkanes of at least 4 members (excludes halogenated alkanes) is 4. The molecule has 0 saturated heterocycles. The van der Waals surface area contributed by atoms with E-state index in [1.807, 2.05) is 24.3 Å². The van der Waals surface area contributed by atoms with Crippen LogP contribution < -0.4 is 5.56 Å². The van der Waals surface area contributed by atoms with Gasteiger partial charge in [0.1, 0.15) is 5.69 Å². The van der Waals surface area contributed by atoms with Gasteiger partial charge in [-0.3, -0.25) is 4.79 Å². The maximum absolute atomic E-state index is 12.0. The summed E-state index contributed by atoms with van der Waals surface area (Å²) in [5.41, 5.74) is 1.82. The van der Waals surface area contributed by atoms with Crippen molar-refractivity contribution in [1.29, 1.82) is 0 Å². The highest BCUT2D eigenvalue weighted by Gasteiger charge is 2.14. The summed E-state index contributed by atoms with van der Waals surface area (Å²) in [6.45, 7) is 2.20. The molecule has 0 aliphatic heterocycles. The van der Waals surface area contributed by atoms with Crippen LogP contribution in [0.5, 0.6) is 0 Å². The number of H-pyrrole nitrogens is 1. The van der Waals surface area contributed by atoms with Crippen LogP contribution in [-0.2, 0) is 0 Å². The normalized spacial score (nSPS) is 12.7. The third-order valence-corrected chi connectivity index (χ3v) is 3.91. The van der Waals surface area contributed by atoms with Gasteiger partial charge >= 0.3 is 0 Å². The molecule has 0 aliphatic rings. The van der Waals surface area contributed by atoms with Gasteiger partial charge in [0.15, 0.2) is 0 Å². The highest BCUT2D eigenvalue weighted by atomic mass is 35.5. The highest BCUT2D eigenvalue weighted by molar-refractivity contribution is 6.20. The van der Waals surface area contributed by atoms with Crippen LogP contribution in [0.25, 0.3) is 11.0 Å². The fourth-order valence-electron chi connectivity index (χ4n) is 2.32. The molecule has 0 spiro atoms. The number of nitrogens with zero attached hydrogens (tertiary/aromatic N) is 1. The van der Waals surface area contributed by atoms with Gasteiger partial charge in [-0.1, -0.05) is 51.2 Å². The highest BCUT2D eigenvalue weighted by Crippen LogP contribution is 2.24. The molecule has 108 valence electrons. The van der Waals surface area contributed by atoms with Crippen molar-refractivity contribution in [3.8, 4) is 0 Å². The number of halogens is 1. The Morgan fingerprint density at radius 3 is 2.75 bits per heavy atom. The molecule has 0 radical (unpaired) electrons. The van der Waals surface area contributed by atoms with Crippen molar-refractivity contribution in [1.82, 2.24) is 9.97 Å². The van der Waals surface area contributed by atoms with Gasteiger partial charge in [-0.05, 0) is 18.6 Å². The largest absolute Gasteiger partial charge is 0.319 e. The van der Waals surface area contributed by atoms with Crippen LogP contribution in [0.2, 0.25) is 0 Å². The average Bonchev–Trinajstić information content (AvgIpc) is 2.46. The van der Waals surface area contributed by atoms with Crippen molar-refractivity contribution >= 4 is 22.6 Å². The van der Waals surface area contributed by atoms with E-state index in [0.717, 1.165) is 23.9 Å². The molecule has 20 heavy (non-hydrogen) atoms. The molecule has 2 rings (SSSR count). The van der Waals surface area contributed by atoms with Crippen molar-refractivity contribution < 1.29 is 0 Å². The SMILES string of the molecule is CCCCCCCC(Cl)c1nc2ccccc2[nH]c1=O. The Labute approximate surface area is 124 Å². The van der Waals surface area contributed by atoms with Crippen LogP contribution in [0, 0.1) is 0 Å². The van der Waals surface area contributed by atoms with E-state index in [1.165, 1.54) is 25.7 Å². The topological polar surface area (TPSA) is 45.8 Å². The number of fused-ring (bicyclic) bond motifs is 1. The first-order chi connectivity index (χ1) is 9.72. The minimum Gasteiger partial charge on any atom is -0.319 e. The van der Waals surface area contributed by atoms with Gasteiger partial charge < -0.3 is 4.98 Å². The zero-order valence-corrected chi connectivity index (χ0v) is 12.6. The van der Waals surface area contributed by atoms with Gasteiger partial charge in [-0.15, -0.1) is 11.6 Å². The lowest BCUT2D eigenvalue weighted by Crippen LogP contribution is -2.16. The van der Waals surface area contributed by atoms with Crippen molar-refractivity contribution in [3.63, 3.8) is 0 Å². The van der Waals surface area contributed by atoms with E-state index in [4.69, 9.17) is 11.6 Å². The number of benzene rings is 1. The second-order valence-electron chi connectivity index (χ2n) is 5.14. The number of hydrogen-bond donors (Lipinski definition) is 1. The lowest BCUT2D eigenvalue weighted by molar-refractivity contribution is 0.597. The predicted octanol–water partition coefficient (Wildman–Crippen LogP) is 4.56. The maximum atomic E-state index is 12.0. The van der Waals surface area contributed by atoms with Gasteiger partial charge in [0, 0.05) is 0 Å². The number of nitrogens with one attached hydrogen (secondary N) is 1. The molecule has 0 bridgehead atoms. The van der Waals surface area contributed by atoms with E-state index in [2.05, 4.69) is 16.9 Å². The number of para-hydroxylation sites is 2. The lowest BCUT2D eigenvalue weighted by Gasteiger charge is -2.09. The molecule has 4 heteroatoms. The molecule has 1 aromatic carbocycles. The molecule has 0 amide bonds. The van der Waals surface area contributed by atoms with Crippen molar-refractivity contribution in [2.24, 2.45) is 0 Å². The summed E-state index contributed by atoms with van der Waals surface area (Å²) in [7, 11) is 0. The van der Waals surface area contributed by atoms with E-state index in [-0.39, 0.29) is 10.9 Å². The first kappa shape index (κ1) is 15.0. The number of aromatic nitrogens is 2. The van der Waals surface area contributed by atoms with E-state index in [9.17, 15) is 4.79 Å². The molecule has 0 saturated carbocycles. The summed E-state index contributed by atoms with van der Waals surface area (Å²) in [5, 5.41) is -0.301. The van der Waals surface area contributed by atoms with Crippen molar-refractivity contribution in [2.75, 3.05) is 0 Å². The first-order valence-corrected chi connectivity index (χ1v) is 7.79. The fraction of sp³-hybridized carbons (Fsp3) is 0.500. The molecule has 1 heterocycles. The van der Waals surface area contributed by atoms with Crippen LogP contribution in [0.1, 0.15) is 56.5 Å². The number of hydrogen-bond acceptors (Lipinski definition) is 2. The molecule has 0 fully saturated rings. The molecule has 2 aromatic rings. The van der Waals surface area contributed by atoms with E-state index < -0.39 is 0 Å². The third kappa shape index (κ3) is 3.83. The Bertz CT molecular complexity index is 609. The van der Waals surface area contributed by atoms with E-state index in [0.29, 0.717) is 5.69 Å². The molecule has 1 atom stereocenters. The van der Waals surface area contributed by atoms with Gasteiger partial charge in [-0.25, -0.2) is 4.98 Å². The van der Waals surface area contributed by atoms with Crippen molar-refractivity contribution in [3.05, 3.63) is 40.3 Å². The van der Waals surface area contributed by atoms with E-state index in [1.54, 1.807) is 0 Å². The first-order valence-electron chi connectivity index (χ1n) is 7.35. The summed E-state index contributed by atoms with van der Waals surface area (Å²) in [5.74, 6) is 0. The summed E-state index contributed by atoms with van der Waals surface area (Å²) in [4.78, 5) is 19.3. The molecular formula is C16H21ClN2O. The second kappa shape index (κ2) is 7.44. The molecule has 1 N–H and O–H groups in total. The van der Waals surface area contributed by atoms with Crippen LogP contribution in [0.3, 0.4) is 0 Å². The van der Waals surface area contributed by atoms with Crippen LogP contribution >= 0.6 is 11.6 Å². The smallest absolute Gasteiger partial charge is 0.271 e. The average molecular weight is 293 g/mol. The van der Waals surface area contributed by atoms with Gasteiger partial charge in [-0.2, -0.15) is 0 Å². The van der Waals surface area contributed by atoms with Crippen molar-refractivity contribution in [2.45, 2.75) is 50.8 Å². The molecular weight excluding hydrogens is 272 g/mol. The number of alkyl halides is 1. The number of rotatable bonds is 7. The fourth-order valence-corrected chi connectivity index (χ4v) is 2.62. The van der Waals surface area contributed by atoms with E-state index >= 15 is 0 Å². The predicted molar refractivity (Wildman–Crippen MR) is 84.3 cm³/mol. The summed E-state index contributed by atoms with van der Waals surface area (Å²) >= 11 is 6.34. The van der Waals surface area contributed by atoms with Crippen LogP contribution in [0.4, 0.5) is 0 Å². The second-order valence-corrected chi connectivity index (χ2v) is 5.67. The Morgan fingerprint density at radius 2 is 1.95 bits per heavy atom. The Hall–Kier alpha value is -1.35. The maximum Gasteiger partial charge on any atom is 0.271 e. The minimum atomic E-state index is -0.301. The standard InChI is InChI=1S/C16H21ClN2O/c1-2-3-4-5-6-9-12(17)15-16(20)19-14-11-8-7-10-13(14)18-15/h7-8,10-12H,2-6,9H2,1H3,(H,19,20). The van der Waals surface area contributed by atoms with Crippen LogP contribution in [-0.4, -0.2) is 9.97 Å². The monoisotopic (exact) mass is 292 g/mol. The Morgan fingerprint density at radius 1 is 1.20 bits per heavy atom. The van der Waals surface area contributed by atoms with Crippen LogP contribution in [0.15, 0.2) is 29.1 Å². The summed E-state index contributed by atoms with van der Waals surface area (Å²) in [6, 6.07) is 7.53. The summed E-state index contributed by atoms with van der Waals surface area (Å²) in [6.07, 6.45) is 6.75. The zero-order chi connectivity index (χ0) is 14.4. The Kier molecular flexibility index (Phi) is 5.60. The Balaban J connectivity index is 2.04. The van der Waals surface area contributed by atoms with Gasteiger partial charge in [0.2, 0.25) is 0 Å². The van der Waals surface area contributed by atoms with Gasteiger partial charge in [0.05, 0.1) is 16.4 Å². The summed E-state index contributed by atoms with van der Waals surface area (Å²) < 4.78 is 0. The van der Waals surface area contributed by atoms with Gasteiger partial charge in [0.25, 0.3) is 5.56 Å². The molecule has 1 aromatic heterocycles. The third-order valence-electron chi connectivity index (χ3n) is 3.48. The molecule has 0 aliphatic carbocycles.